The van der Waals surface area contributed by atoms with Gasteiger partial charge in [0.1, 0.15) is 11.5 Å². The predicted molar refractivity (Wildman–Crippen MR) is 75.6 cm³/mol. The Balaban J connectivity index is 2.26. The van der Waals surface area contributed by atoms with Crippen LogP contribution in [0.4, 0.5) is 0 Å². The zero-order chi connectivity index (χ0) is 13.1. The summed E-state index contributed by atoms with van der Waals surface area (Å²) in [6.45, 7) is 2.38. The van der Waals surface area contributed by atoms with Gasteiger partial charge in [-0.2, -0.15) is 0 Å². The Hall–Kier alpha value is -1.22. The molecule has 0 aliphatic heterocycles. The molecule has 0 unspecified atom stereocenters. The Morgan fingerprint density at radius 1 is 1.06 bits per heavy atom. The standard InChI is InChI=1S/C14H13Cl2NO/c1-9-2-5-14(13(16)6-9)18-11-4-3-10(8-17)12(15)7-11/h2-7H,8,17H2,1H3. The average Bonchev–Trinajstić information content (AvgIpc) is 2.33. The highest BCUT2D eigenvalue weighted by Gasteiger charge is 2.05. The molecule has 2 aromatic rings. The van der Waals surface area contributed by atoms with Gasteiger partial charge < -0.3 is 10.5 Å². The van der Waals surface area contributed by atoms with E-state index in [0.29, 0.717) is 28.1 Å². The maximum absolute atomic E-state index is 6.10. The molecular formula is C14H13Cl2NO. The summed E-state index contributed by atoms with van der Waals surface area (Å²) in [5.74, 6) is 1.25. The van der Waals surface area contributed by atoms with Gasteiger partial charge in [0.25, 0.3) is 0 Å². The molecule has 0 radical (unpaired) electrons. The van der Waals surface area contributed by atoms with Gasteiger partial charge in [-0.05, 0) is 42.3 Å². The number of nitrogens with two attached hydrogens (primary N) is 1. The normalized spacial score (nSPS) is 10.4. The van der Waals surface area contributed by atoms with E-state index in [0.717, 1.165) is 11.1 Å². The minimum atomic E-state index is 0.407. The largest absolute Gasteiger partial charge is 0.456 e. The Labute approximate surface area is 116 Å². The second-order valence-electron chi connectivity index (χ2n) is 3.99. The minimum Gasteiger partial charge on any atom is -0.456 e. The summed E-state index contributed by atoms with van der Waals surface area (Å²) in [5, 5.41) is 1.17. The van der Waals surface area contributed by atoms with Gasteiger partial charge in [0.2, 0.25) is 0 Å². The number of benzene rings is 2. The first-order chi connectivity index (χ1) is 8.60. The van der Waals surface area contributed by atoms with E-state index >= 15 is 0 Å². The van der Waals surface area contributed by atoms with Crippen LogP contribution in [0.1, 0.15) is 11.1 Å². The lowest BCUT2D eigenvalue weighted by Gasteiger charge is -2.09. The first kappa shape index (κ1) is 13.2. The fraction of sp³-hybridized carbons (Fsp3) is 0.143. The summed E-state index contributed by atoms with van der Waals surface area (Å²) in [6.07, 6.45) is 0. The molecule has 0 atom stereocenters. The van der Waals surface area contributed by atoms with Crippen molar-refractivity contribution in [3.63, 3.8) is 0 Å². The van der Waals surface area contributed by atoms with E-state index in [9.17, 15) is 0 Å². The van der Waals surface area contributed by atoms with E-state index < -0.39 is 0 Å². The lowest BCUT2D eigenvalue weighted by atomic mass is 10.2. The van der Waals surface area contributed by atoms with Crippen LogP contribution in [0.3, 0.4) is 0 Å². The zero-order valence-corrected chi connectivity index (χ0v) is 11.4. The van der Waals surface area contributed by atoms with Crippen molar-refractivity contribution < 1.29 is 4.74 Å². The second-order valence-corrected chi connectivity index (χ2v) is 4.81. The monoisotopic (exact) mass is 281 g/mol. The van der Waals surface area contributed by atoms with Crippen LogP contribution in [-0.2, 0) is 6.54 Å². The van der Waals surface area contributed by atoms with E-state index in [1.807, 2.05) is 37.3 Å². The van der Waals surface area contributed by atoms with Crippen molar-refractivity contribution in [1.29, 1.82) is 0 Å². The lowest BCUT2D eigenvalue weighted by Crippen LogP contribution is -1.97. The van der Waals surface area contributed by atoms with Crippen molar-refractivity contribution in [1.82, 2.24) is 0 Å². The van der Waals surface area contributed by atoms with Crippen molar-refractivity contribution in [2.75, 3.05) is 0 Å². The third kappa shape index (κ3) is 2.96. The van der Waals surface area contributed by atoms with Gasteiger partial charge in [-0.3, -0.25) is 0 Å². The van der Waals surface area contributed by atoms with Crippen molar-refractivity contribution in [2.45, 2.75) is 13.5 Å². The first-order valence-corrected chi connectivity index (χ1v) is 6.28. The number of hydrogen-bond donors (Lipinski definition) is 1. The molecule has 0 bridgehead atoms. The molecule has 2 nitrogen and oxygen atoms in total. The third-order valence-electron chi connectivity index (χ3n) is 2.56. The van der Waals surface area contributed by atoms with Gasteiger partial charge in [-0.1, -0.05) is 35.3 Å². The molecule has 2 rings (SSSR count). The Morgan fingerprint density at radius 2 is 1.83 bits per heavy atom. The molecule has 0 spiro atoms. The van der Waals surface area contributed by atoms with Crippen LogP contribution >= 0.6 is 23.2 Å². The van der Waals surface area contributed by atoms with Gasteiger partial charge >= 0.3 is 0 Å². The molecule has 2 N–H and O–H groups in total. The van der Waals surface area contributed by atoms with Crippen molar-refractivity contribution in [3.8, 4) is 11.5 Å². The molecule has 0 aliphatic rings. The second kappa shape index (κ2) is 5.61. The number of ether oxygens (including phenoxy) is 1. The molecule has 0 heterocycles. The number of hydrogen-bond acceptors (Lipinski definition) is 2. The summed E-state index contributed by atoms with van der Waals surface area (Å²) >= 11 is 12.2. The van der Waals surface area contributed by atoms with Crippen LogP contribution in [0, 0.1) is 6.92 Å². The van der Waals surface area contributed by atoms with Gasteiger partial charge in [0.15, 0.2) is 0 Å². The highest BCUT2D eigenvalue weighted by molar-refractivity contribution is 6.32. The van der Waals surface area contributed by atoms with Crippen LogP contribution in [0.2, 0.25) is 10.0 Å². The van der Waals surface area contributed by atoms with Gasteiger partial charge in [-0.25, -0.2) is 0 Å². The van der Waals surface area contributed by atoms with Crippen LogP contribution in [-0.4, -0.2) is 0 Å². The van der Waals surface area contributed by atoms with Crippen LogP contribution in [0.25, 0.3) is 0 Å². The summed E-state index contributed by atoms with van der Waals surface area (Å²) in [4.78, 5) is 0. The molecule has 0 amide bonds. The van der Waals surface area contributed by atoms with E-state index in [2.05, 4.69) is 0 Å². The van der Waals surface area contributed by atoms with E-state index in [-0.39, 0.29) is 0 Å². The molecule has 94 valence electrons. The number of halogens is 2. The maximum Gasteiger partial charge on any atom is 0.146 e. The summed E-state index contributed by atoms with van der Waals surface area (Å²) in [7, 11) is 0. The molecular weight excluding hydrogens is 269 g/mol. The smallest absolute Gasteiger partial charge is 0.146 e. The van der Waals surface area contributed by atoms with Crippen molar-refractivity contribution in [2.24, 2.45) is 5.73 Å². The molecule has 4 heteroatoms. The lowest BCUT2D eigenvalue weighted by molar-refractivity contribution is 0.482. The SMILES string of the molecule is Cc1ccc(Oc2ccc(CN)c(Cl)c2)c(Cl)c1. The number of rotatable bonds is 3. The topological polar surface area (TPSA) is 35.2 Å². The van der Waals surface area contributed by atoms with Crippen molar-refractivity contribution in [3.05, 3.63) is 57.6 Å². The Kier molecular flexibility index (Phi) is 4.12. The molecule has 0 saturated carbocycles. The molecule has 18 heavy (non-hydrogen) atoms. The molecule has 0 aromatic heterocycles. The fourth-order valence-electron chi connectivity index (χ4n) is 1.57. The van der Waals surface area contributed by atoms with Crippen molar-refractivity contribution >= 4 is 23.2 Å². The minimum absolute atomic E-state index is 0.407. The van der Waals surface area contributed by atoms with Crippen LogP contribution in [0.15, 0.2) is 36.4 Å². The summed E-state index contributed by atoms with van der Waals surface area (Å²) < 4.78 is 5.69. The highest BCUT2D eigenvalue weighted by Crippen LogP contribution is 2.31. The third-order valence-corrected chi connectivity index (χ3v) is 3.21. The van der Waals surface area contributed by atoms with Gasteiger partial charge in [0.05, 0.1) is 5.02 Å². The maximum atomic E-state index is 6.10. The van der Waals surface area contributed by atoms with E-state index in [1.54, 1.807) is 6.07 Å². The number of aryl methyl sites for hydroxylation is 1. The first-order valence-electron chi connectivity index (χ1n) is 5.52. The Bertz CT molecular complexity index is 570. The zero-order valence-electron chi connectivity index (χ0n) is 9.91. The molecule has 0 fully saturated rings. The van der Waals surface area contributed by atoms with E-state index in [1.165, 1.54) is 0 Å². The Morgan fingerprint density at radius 3 is 2.44 bits per heavy atom. The fourth-order valence-corrected chi connectivity index (χ4v) is 2.09. The summed E-state index contributed by atoms with van der Waals surface area (Å²) in [6, 6.07) is 11.0. The molecule has 0 saturated heterocycles. The highest BCUT2D eigenvalue weighted by atomic mass is 35.5. The summed E-state index contributed by atoms with van der Waals surface area (Å²) in [5.41, 5.74) is 7.52. The quantitative estimate of drug-likeness (QED) is 0.896. The molecule has 2 aromatic carbocycles. The average molecular weight is 282 g/mol. The predicted octanol–water partition coefficient (Wildman–Crippen LogP) is 4.55. The van der Waals surface area contributed by atoms with Crippen LogP contribution < -0.4 is 10.5 Å². The van der Waals surface area contributed by atoms with E-state index in [4.69, 9.17) is 33.7 Å². The van der Waals surface area contributed by atoms with Gasteiger partial charge in [0, 0.05) is 11.6 Å². The van der Waals surface area contributed by atoms with Crippen LogP contribution in [0.5, 0.6) is 11.5 Å². The molecule has 0 aliphatic carbocycles. The van der Waals surface area contributed by atoms with Gasteiger partial charge in [-0.15, -0.1) is 0 Å².